The van der Waals surface area contributed by atoms with E-state index >= 15 is 0 Å². The third-order valence-electron chi connectivity index (χ3n) is 5.36. The number of amides is 2. The van der Waals surface area contributed by atoms with Gasteiger partial charge in [0.25, 0.3) is 0 Å². The fourth-order valence-corrected chi connectivity index (χ4v) is 4.18. The van der Waals surface area contributed by atoms with Gasteiger partial charge in [-0.25, -0.2) is 0 Å². The van der Waals surface area contributed by atoms with E-state index in [2.05, 4.69) is 0 Å². The number of nitrogens with zero attached hydrogens (tertiary/aromatic N) is 2. The Morgan fingerprint density at radius 3 is 2.64 bits per heavy atom. The van der Waals surface area contributed by atoms with Crippen molar-refractivity contribution >= 4 is 11.8 Å². The topological polar surface area (TPSA) is 49.9 Å². The molecule has 0 aromatic heterocycles. The Kier molecular flexibility index (Phi) is 3.57. The molecule has 0 N–H and O–H groups in total. The number of benzene rings is 1. The van der Waals surface area contributed by atoms with Gasteiger partial charge in [-0.15, -0.1) is 0 Å². The predicted octanol–water partition coefficient (Wildman–Crippen LogP) is 1.81. The van der Waals surface area contributed by atoms with E-state index < -0.39 is 17.5 Å². The molecule has 5 nitrogen and oxygen atoms in total. The minimum absolute atomic E-state index is 0.00506. The minimum atomic E-state index is -4.39. The maximum atomic E-state index is 12.6. The van der Waals surface area contributed by atoms with Crippen molar-refractivity contribution in [1.29, 1.82) is 0 Å². The SMILES string of the molecule is O=C(Cc1ccc(C(F)(F)F)cc1)N1CC[C@@]23OCCN2C(=O)C[C@@H]13. The molecule has 0 unspecified atom stereocenters. The van der Waals surface area contributed by atoms with E-state index in [1.165, 1.54) is 12.1 Å². The molecule has 2 amide bonds. The van der Waals surface area contributed by atoms with Crippen molar-refractivity contribution in [1.82, 2.24) is 9.80 Å². The molecule has 3 heterocycles. The zero-order valence-corrected chi connectivity index (χ0v) is 13.4. The number of ether oxygens (including phenoxy) is 1. The molecule has 1 spiro atoms. The molecule has 0 bridgehead atoms. The molecule has 1 aromatic carbocycles. The number of hydrogen-bond donors (Lipinski definition) is 0. The van der Waals surface area contributed by atoms with Crippen LogP contribution in [0.2, 0.25) is 0 Å². The summed E-state index contributed by atoms with van der Waals surface area (Å²) in [5.74, 6) is -0.193. The van der Waals surface area contributed by atoms with Crippen molar-refractivity contribution in [2.24, 2.45) is 0 Å². The van der Waals surface area contributed by atoms with E-state index in [9.17, 15) is 22.8 Å². The maximum Gasteiger partial charge on any atom is 0.416 e. The van der Waals surface area contributed by atoms with Crippen molar-refractivity contribution in [3.8, 4) is 0 Å². The molecule has 1 aromatic rings. The van der Waals surface area contributed by atoms with Crippen molar-refractivity contribution in [2.45, 2.75) is 37.2 Å². The van der Waals surface area contributed by atoms with Crippen LogP contribution < -0.4 is 0 Å². The summed E-state index contributed by atoms with van der Waals surface area (Å²) in [5, 5.41) is 0. The average molecular weight is 354 g/mol. The molecule has 0 aliphatic carbocycles. The molecule has 8 heteroatoms. The third-order valence-corrected chi connectivity index (χ3v) is 5.36. The van der Waals surface area contributed by atoms with Gasteiger partial charge < -0.3 is 14.5 Å². The number of rotatable bonds is 2. The fraction of sp³-hybridized carbons (Fsp3) is 0.529. The van der Waals surface area contributed by atoms with Crippen LogP contribution in [-0.4, -0.2) is 53.1 Å². The van der Waals surface area contributed by atoms with Gasteiger partial charge in [0.1, 0.15) is 0 Å². The van der Waals surface area contributed by atoms with Crippen LogP contribution >= 0.6 is 0 Å². The van der Waals surface area contributed by atoms with Crippen molar-refractivity contribution < 1.29 is 27.5 Å². The van der Waals surface area contributed by atoms with E-state index in [4.69, 9.17) is 4.74 Å². The lowest BCUT2D eigenvalue weighted by Gasteiger charge is -2.31. The summed E-state index contributed by atoms with van der Waals surface area (Å²) in [6, 6.07) is 4.31. The molecule has 0 saturated carbocycles. The van der Waals surface area contributed by atoms with E-state index in [-0.39, 0.29) is 30.7 Å². The van der Waals surface area contributed by atoms with Crippen LogP contribution in [0.4, 0.5) is 13.2 Å². The molecule has 25 heavy (non-hydrogen) atoms. The summed E-state index contributed by atoms with van der Waals surface area (Å²) in [6.07, 6.45) is -3.54. The monoisotopic (exact) mass is 354 g/mol. The van der Waals surface area contributed by atoms with Crippen molar-refractivity contribution in [3.63, 3.8) is 0 Å². The lowest BCUT2D eigenvalue weighted by atomic mass is 10.0. The summed E-state index contributed by atoms with van der Waals surface area (Å²) in [5.41, 5.74) is -0.903. The summed E-state index contributed by atoms with van der Waals surface area (Å²) < 4.78 is 43.7. The van der Waals surface area contributed by atoms with E-state index in [0.717, 1.165) is 12.1 Å². The Labute approximate surface area is 142 Å². The highest BCUT2D eigenvalue weighted by Gasteiger charge is 2.62. The van der Waals surface area contributed by atoms with Crippen LogP contribution in [0.15, 0.2) is 24.3 Å². The number of alkyl halides is 3. The van der Waals surface area contributed by atoms with E-state index in [1.54, 1.807) is 9.80 Å². The van der Waals surface area contributed by atoms with Crippen LogP contribution in [0.25, 0.3) is 0 Å². The number of hydrogen-bond acceptors (Lipinski definition) is 3. The Hall–Kier alpha value is -2.09. The first-order valence-corrected chi connectivity index (χ1v) is 8.21. The smallest absolute Gasteiger partial charge is 0.351 e. The van der Waals surface area contributed by atoms with Crippen molar-refractivity contribution in [3.05, 3.63) is 35.4 Å². The number of halogens is 3. The summed E-state index contributed by atoms with van der Waals surface area (Å²) in [4.78, 5) is 28.2. The second-order valence-electron chi connectivity index (χ2n) is 6.67. The molecule has 134 valence electrons. The van der Waals surface area contributed by atoms with Gasteiger partial charge in [-0.3, -0.25) is 9.59 Å². The molecule has 2 atom stereocenters. The molecular weight excluding hydrogens is 337 g/mol. The third kappa shape index (κ3) is 2.50. The van der Waals surface area contributed by atoms with Gasteiger partial charge in [-0.1, -0.05) is 12.1 Å². The maximum absolute atomic E-state index is 12.6. The lowest BCUT2D eigenvalue weighted by Crippen LogP contribution is -2.49. The Morgan fingerprint density at radius 1 is 1.24 bits per heavy atom. The van der Waals surface area contributed by atoms with Crippen LogP contribution in [0.3, 0.4) is 0 Å². The highest BCUT2D eigenvalue weighted by Crippen LogP contribution is 2.45. The molecular formula is C17H17F3N2O3. The highest BCUT2D eigenvalue weighted by molar-refractivity contribution is 5.85. The Morgan fingerprint density at radius 2 is 1.96 bits per heavy atom. The van der Waals surface area contributed by atoms with Crippen LogP contribution in [0.5, 0.6) is 0 Å². The van der Waals surface area contributed by atoms with Gasteiger partial charge in [0, 0.05) is 19.5 Å². The predicted molar refractivity (Wildman–Crippen MR) is 80.3 cm³/mol. The fourth-order valence-electron chi connectivity index (χ4n) is 4.18. The van der Waals surface area contributed by atoms with E-state index in [0.29, 0.717) is 31.7 Å². The summed E-state index contributed by atoms with van der Waals surface area (Å²) >= 11 is 0. The largest absolute Gasteiger partial charge is 0.416 e. The van der Waals surface area contributed by atoms with Gasteiger partial charge >= 0.3 is 6.18 Å². The Balaban J connectivity index is 1.48. The first-order valence-electron chi connectivity index (χ1n) is 8.21. The highest BCUT2D eigenvalue weighted by atomic mass is 19.4. The standard InChI is InChI=1S/C17H17F3N2O3/c18-17(19,20)12-3-1-11(2-4-12)9-14(23)21-6-5-16-13(21)10-15(24)22(16)7-8-25-16/h1-4,13H,5-10H2/t13-,16+/m1/s1. The molecule has 0 radical (unpaired) electrons. The van der Waals surface area contributed by atoms with Gasteiger partial charge in [-0.05, 0) is 17.7 Å². The molecule has 3 saturated heterocycles. The average Bonchev–Trinajstić information content (AvgIpc) is 3.18. The zero-order valence-electron chi connectivity index (χ0n) is 13.4. The zero-order chi connectivity index (χ0) is 17.8. The quantitative estimate of drug-likeness (QED) is 0.814. The first-order chi connectivity index (χ1) is 11.8. The second-order valence-corrected chi connectivity index (χ2v) is 6.67. The summed E-state index contributed by atoms with van der Waals surface area (Å²) in [6.45, 7) is 1.52. The normalized spacial score (nSPS) is 28.4. The molecule has 3 aliphatic heterocycles. The van der Waals surface area contributed by atoms with Gasteiger partial charge in [0.15, 0.2) is 5.72 Å². The lowest BCUT2D eigenvalue weighted by molar-refractivity contribution is -0.139. The van der Waals surface area contributed by atoms with Crippen molar-refractivity contribution in [2.75, 3.05) is 19.7 Å². The van der Waals surface area contributed by atoms with E-state index in [1.807, 2.05) is 0 Å². The van der Waals surface area contributed by atoms with Gasteiger partial charge in [0.05, 0.1) is 31.1 Å². The van der Waals surface area contributed by atoms with Crippen LogP contribution in [0, 0.1) is 0 Å². The number of likely N-dealkylation sites (tertiary alicyclic amines) is 1. The summed E-state index contributed by atoms with van der Waals surface area (Å²) in [7, 11) is 0. The minimum Gasteiger partial charge on any atom is -0.351 e. The molecule has 3 fully saturated rings. The Bertz CT molecular complexity index is 719. The van der Waals surface area contributed by atoms with Crippen LogP contribution in [0.1, 0.15) is 24.0 Å². The van der Waals surface area contributed by atoms with Gasteiger partial charge in [-0.2, -0.15) is 13.2 Å². The first kappa shape index (κ1) is 16.4. The molecule has 3 aliphatic rings. The van der Waals surface area contributed by atoms with Gasteiger partial charge in [0.2, 0.25) is 11.8 Å². The molecule has 4 rings (SSSR count). The second kappa shape index (κ2) is 5.45. The number of carbonyl (C=O) groups is 2. The number of carbonyl (C=O) groups excluding carboxylic acids is 2. The van der Waals surface area contributed by atoms with Crippen LogP contribution in [-0.2, 0) is 26.9 Å².